The number of aromatic nitrogens is 6. The topological polar surface area (TPSA) is 161 Å². The Bertz CT molecular complexity index is 3310. The van der Waals surface area contributed by atoms with Crippen molar-refractivity contribution in [3.63, 3.8) is 0 Å². The van der Waals surface area contributed by atoms with Gasteiger partial charge in [-0.05, 0) is 134 Å². The van der Waals surface area contributed by atoms with E-state index < -0.39 is 18.9 Å². The first-order chi connectivity index (χ1) is 39.8. The van der Waals surface area contributed by atoms with Crippen LogP contribution in [-0.2, 0) is 45.0 Å². The number of benzene rings is 4. The molecule has 6 heterocycles. The molecule has 4 aromatic heterocycles. The molecule has 8 aromatic rings. The van der Waals surface area contributed by atoms with Crippen molar-refractivity contribution >= 4 is 62.4 Å². The zero-order valence-corrected chi connectivity index (χ0v) is 49.1. The van der Waals surface area contributed by atoms with Gasteiger partial charge in [-0.3, -0.25) is 14.6 Å². The van der Waals surface area contributed by atoms with Gasteiger partial charge < -0.3 is 38.5 Å². The maximum Gasteiger partial charge on any atom is 0.491 e. The van der Waals surface area contributed by atoms with Crippen LogP contribution in [0.3, 0.4) is 0 Å². The number of rotatable bonds is 20. The van der Waals surface area contributed by atoms with Crippen molar-refractivity contribution in [1.82, 2.24) is 38.9 Å². The van der Waals surface area contributed by atoms with Crippen LogP contribution in [0.25, 0.3) is 33.2 Å². The molecule has 2 saturated heterocycles. The van der Waals surface area contributed by atoms with Crippen LogP contribution in [-0.4, -0.2) is 121 Å². The van der Waals surface area contributed by atoms with Crippen molar-refractivity contribution in [3.05, 3.63) is 173 Å². The smallest absolute Gasteiger partial charge is 0.423 e. The van der Waals surface area contributed by atoms with Crippen LogP contribution in [0.1, 0.15) is 107 Å². The van der Waals surface area contributed by atoms with Crippen molar-refractivity contribution in [2.24, 2.45) is 11.8 Å². The van der Waals surface area contributed by atoms with E-state index in [0.29, 0.717) is 37.5 Å². The number of likely N-dealkylation sites (tertiary alicyclic amines) is 2. The molecule has 0 spiro atoms. The second kappa shape index (κ2) is 31.8. The van der Waals surface area contributed by atoms with E-state index in [0.717, 1.165) is 141 Å². The molecule has 0 unspecified atom stereocenters. The summed E-state index contributed by atoms with van der Waals surface area (Å²) in [4.78, 5) is 47.8. The van der Waals surface area contributed by atoms with Gasteiger partial charge in [0.15, 0.2) is 0 Å². The number of aryl methyl sites for hydroxylation is 2. The number of carbonyl (C=O) groups is 2. The highest BCUT2D eigenvalue weighted by Crippen LogP contribution is 2.33. The molecule has 4 aromatic carbocycles. The average molecular weight is 1200 g/mol. The van der Waals surface area contributed by atoms with Gasteiger partial charge in [0.05, 0.1) is 28.3 Å². The van der Waals surface area contributed by atoms with Gasteiger partial charge in [0.25, 0.3) is 0 Å². The van der Waals surface area contributed by atoms with Crippen LogP contribution in [0.4, 0.5) is 8.78 Å². The normalized spacial score (nSPS) is 15.8. The summed E-state index contributed by atoms with van der Waals surface area (Å²) in [5.74, 6) is 2.54. The fourth-order valence-corrected chi connectivity index (χ4v) is 11.5. The Hall–Kier alpha value is -6.70. The monoisotopic (exact) mass is 1200 g/mol. The summed E-state index contributed by atoms with van der Waals surface area (Å²) in [6, 6.07) is 37.6. The summed E-state index contributed by atoms with van der Waals surface area (Å²) < 4.78 is 42.8. The van der Waals surface area contributed by atoms with Gasteiger partial charge in [-0.25, -0.2) is 19.3 Å². The Balaban J connectivity index is 0.000000204. The van der Waals surface area contributed by atoms with E-state index in [1.165, 1.54) is 29.5 Å². The summed E-state index contributed by atoms with van der Waals surface area (Å²) in [6.45, 7) is 10.6. The Morgan fingerprint density at radius 2 is 1.17 bits per heavy atom. The number of amides is 2. The molecular weight excluding hydrogens is 1120 g/mol. The minimum absolute atomic E-state index is 0. The molecule has 440 valence electrons. The maximum atomic E-state index is 14.0. The minimum atomic E-state index is -1.76. The third kappa shape index (κ3) is 17.7. The lowest BCUT2D eigenvalue weighted by Gasteiger charge is -2.33. The number of ether oxygens (including phenoxy) is 2. The molecular formula is C65H80BBrF2N8O6. The first-order valence-electron chi connectivity index (χ1n) is 28.6. The minimum Gasteiger partial charge on any atom is -0.423 e. The third-order valence-corrected chi connectivity index (χ3v) is 15.9. The zero-order chi connectivity index (χ0) is 58.0. The number of para-hydroxylation sites is 4. The zero-order valence-electron chi connectivity index (χ0n) is 47.6. The van der Waals surface area contributed by atoms with Crippen LogP contribution >= 0.6 is 15.9 Å². The molecule has 0 saturated carbocycles. The van der Waals surface area contributed by atoms with E-state index in [1.54, 1.807) is 26.4 Å². The van der Waals surface area contributed by atoms with E-state index in [-0.39, 0.29) is 42.5 Å². The fraction of sp³-hybridized carbons (Fsp3) is 0.415. The molecule has 14 nitrogen and oxygen atoms in total. The van der Waals surface area contributed by atoms with Crippen molar-refractivity contribution in [2.75, 3.05) is 53.6 Å². The fourth-order valence-electron chi connectivity index (χ4n) is 11.3. The Morgan fingerprint density at radius 3 is 1.63 bits per heavy atom. The number of hydrogen-bond donors (Lipinski definition) is 2. The second-order valence-corrected chi connectivity index (χ2v) is 22.6. The molecule has 2 amide bonds. The lowest BCUT2D eigenvalue weighted by molar-refractivity contribution is -0.134. The molecule has 2 fully saturated rings. The summed E-state index contributed by atoms with van der Waals surface area (Å²) in [5.41, 5.74) is 7.95. The number of carbonyl (C=O) groups excluding carboxylic acids is 2. The van der Waals surface area contributed by atoms with E-state index in [2.05, 4.69) is 114 Å². The first kappa shape index (κ1) is 63.9. The Kier molecular flexibility index (Phi) is 24.5. The number of nitrogens with zero attached hydrogens (tertiary/aromatic N) is 8. The van der Waals surface area contributed by atoms with Crippen LogP contribution in [0, 0.1) is 23.6 Å². The molecule has 0 aliphatic carbocycles. The molecule has 4 atom stereocenters. The molecule has 0 bridgehead atoms. The van der Waals surface area contributed by atoms with E-state index >= 15 is 0 Å². The summed E-state index contributed by atoms with van der Waals surface area (Å²) >= 11 is 3.49. The quantitative estimate of drug-likeness (QED) is 0.0427. The molecule has 2 aliphatic heterocycles. The van der Waals surface area contributed by atoms with Crippen molar-refractivity contribution < 1.29 is 37.9 Å². The predicted molar refractivity (Wildman–Crippen MR) is 329 cm³/mol. The third-order valence-electron chi connectivity index (χ3n) is 15.3. The summed E-state index contributed by atoms with van der Waals surface area (Å²) in [7, 11) is 1.72. The lowest BCUT2D eigenvalue weighted by atomic mass is 9.81. The van der Waals surface area contributed by atoms with Gasteiger partial charge in [0, 0.05) is 119 Å². The van der Waals surface area contributed by atoms with Gasteiger partial charge in [-0.1, -0.05) is 97.9 Å². The van der Waals surface area contributed by atoms with Crippen molar-refractivity contribution in [3.8, 4) is 11.1 Å². The highest BCUT2D eigenvalue weighted by Gasteiger charge is 2.31. The number of piperidine rings is 2. The largest absolute Gasteiger partial charge is 0.491 e. The lowest BCUT2D eigenvalue weighted by Crippen LogP contribution is -2.40. The Labute approximate surface area is 496 Å². The highest BCUT2D eigenvalue weighted by atomic mass is 79.9. The van der Waals surface area contributed by atoms with Gasteiger partial charge >= 0.3 is 7.12 Å². The van der Waals surface area contributed by atoms with Gasteiger partial charge in [0.1, 0.15) is 17.5 Å². The standard InChI is InChI=1S/C32H37FN4O2.C27H34BrN3O2.C5H5BFNO2.CH4/c1-23(20-24-12-14-25(15-13-24)27-9-5-16-34-31(27)33)21-30(38)36-17-6-8-26(22-36)32-35-28-10-3-4-11-29(28)37(32)18-7-19-39-2;1-20(17-21-10-12-23(28)13-11-21)18-26(32)30-14-5-7-22(19-30)27-29-24-8-3-4-9-25(24)31(27)15-6-16-33-2;7-5-3-8-2-1-4(5)6(9)10;/h3-5,9-16,23,26H,6-8,17-22H2,1-2H3;3-4,8-13,20,22H,5-7,14-19H2,1-2H3;1-3,9-10H;1H4/t23-,26-;20-,22-;;/m11../s1. The highest BCUT2D eigenvalue weighted by molar-refractivity contribution is 9.10. The molecule has 2 N–H and O–H groups in total. The number of hydrogen-bond acceptors (Lipinski definition) is 10. The molecule has 0 radical (unpaired) electrons. The molecule has 10 rings (SSSR count). The maximum absolute atomic E-state index is 14.0. The molecule has 83 heavy (non-hydrogen) atoms. The van der Waals surface area contributed by atoms with Gasteiger partial charge in [-0.2, -0.15) is 4.39 Å². The second-order valence-electron chi connectivity index (χ2n) is 21.7. The SMILES string of the molecule is C.COCCCn1c([C@@H]2CCCN(C(=O)C[C@H](C)Cc3ccc(-c4cccnc4F)cc3)C2)nc2ccccc21.COCCCn1c([C@@H]2CCCN(C(=O)C[C@H](C)Cc3ccc(Br)cc3)C2)nc2ccccc21.OB(O)c1ccncc1F. The van der Waals surface area contributed by atoms with E-state index in [9.17, 15) is 18.4 Å². The van der Waals surface area contributed by atoms with Crippen molar-refractivity contribution in [2.45, 2.75) is 110 Å². The average Bonchev–Trinajstić information content (AvgIpc) is 4.30. The summed E-state index contributed by atoms with van der Waals surface area (Å²) in [5, 5.41) is 17.0. The van der Waals surface area contributed by atoms with Crippen LogP contribution < -0.4 is 5.46 Å². The van der Waals surface area contributed by atoms with Crippen LogP contribution in [0.5, 0.6) is 0 Å². The summed E-state index contributed by atoms with van der Waals surface area (Å²) in [6.07, 6.45) is 12.5. The molecule has 2 aliphatic rings. The number of imidazole rings is 2. The number of pyridine rings is 2. The Morgan fingerprint density at radius 1 is 0.675 bits per heavy atom. The number of fused-ring (bicyclic) bond motifs is 2. The van der Waals surface area contributed by atoms with Gasteiger partial charge in [0.2, 0.25) is 17.8 Å². The molecule has 18 heteroatoms. The van der Waals surface area contributed by atoms with E-state index in [1.807, 2.05) is 41.3 Å². The van der Waals surface area contributed by atoms with Crippen molar-refractivity contribution in [1.29, 1.82) is 0 Å². The first-order valence-corrected chi connectivity index (χ1v) is 29.4. The predicted octanol–water partition coefficient (Wildman–Crippen LogP) is 11.6. The van der Waals surface area contributed by atoms with E-state index in [4.69, 9.17) is 29.5 Å². The van der Waals surface area contributed by atoms with Crippen LogP contribution in [0.15, 0.2) is 138 Å². The number of methoxy groups -OCH3 is 2. The van der Waals surface area contributed by atoms with Gasteiger partial charge in [-0.15, -0.1) is 0 Å². The number of halogens is 3. The van der Waals surface area contributed by atoms with Crippen LogP contribution in [0.2, 0.25) is 0 Å².